The van der Waals surface area contributed by atoms with Gasteiger partial charge in [-0.2, -0.15) is 0 Å². The second-order valence-corrected chi connectivity index (χ2v) is 5.48. The van der Waals surface area contributed by atoms with Gasteiger partial charge in [-0.05, 0) is 37.9 Å². The number of rotatable bonds is 5. The van der Waals surface area contributed by atoms with Crippen molar-refractivity contribution >= 4 is 11.6 Å². The number of hydrogen-bond donors (Lipinski definition) is 1. The first-order chi connectivity index (χ1) is 9.06. The van der Waals surface area contributed by atoms with Crippen LogP contribution in [0.5, 0.6) is 0 Å². The smallest absolute Gasteiger partial charge is 0.240 e. The van der Waals surface area contributed by atoms with E-state index in [2.05, 4.69) is 0 Å². The topological polar surface area (TPSA) is 43.8 Å². The molecule has 0 radical (unpaired) electrons. The normalized spacial score (nSPS) is 22.1. The van der Waals surface area contributed by atoms with Gasteiger partial charge in [-0.3, -0.25) is 9.69 Å². The SMILES string of the molecule is CN(CC(=O)N(C)c1ccccc1)CC1CC(O)C1. The van der Waals surface area contributed by atoms with E-state index in [1.807, 2.05) is 42.3 Å². The van der Waals surface area contributed by atoms with E-state index in [0.29, 0.717) is 12.5 Å². The highest BCUT2D eigenvalue weighted by molar-refractivity contribution is 5.94. The molecule has 2 rings (SSSR count). The standard InChI is InChI=1S/C15H22N2O2/c1-16(10-12-8-14(18)9-12)11-15(19)17(2)13-6-4-3-5-7-13/h3-7,12,14,18H,8-11H2,1-2H3. The van der Waals surface area contributed by atoms with Gasteiger partial charge in [-0.25, -0.2) is 0 Å². The summed E-state index contributed by atoms with van der Waals surface area (Å²) >= 11 is 0. The zero-order valence-corrected chi connectivity index (χ0v) is 11.6. The molecule has 0 spiro atoms. The Balaban J connectivity index is 1.80. The molecule has 1 aromatic carbocycles. The molecule has 1 aromatic rings. The number of amides is 1. The summed E-state index contributed by atoms with van der Waals surface area (Å²) in [4.78, 5) is 15.9. The van der Waals surface area contributed by atoms with Crippen molar-refractivity contribution in [1.29, 1.82) is 0 Å². The Morgan fingerprint density at radius 1 is 1.26 bits per heavy atom. The van der Waals surface area contributed by atoms with Crippen molar-refractivity contribution in [3.05, 3.63) is 30.3 Å². The van der Waals surface area contributed by atoms with Crippen molar-refractivity contribution in [3.8, 4) is 0 Å². The second-order valence-electron chi connectivity index (χ2n) is 5.48. The van der Waals surface area contributed by atoms with E-state index in [9.17, 15) is 9.90 Å². The zero-order chi connectivity index (χ0) is 13.8. The molecule has 0 heterocycles. The Hall–Kier alpha value is -1.39. The second kappa shape index (κ2) is 6.17. The average Bonchev–Trinajstić information content (AvgIpc) is 2.37. The van der Waals surface area contributed by atoms with E-state index < -0.39 is 0 Å². The van der Waals surface area contributed by atoms with E-state index >= 15 is 0 Å². The van der Waals surface area contributed by atoms with Crippen LogP contribution in [0.1, 0.15) is 12.8 Å². The molecule has 0 unspecified atom stereocenters. The zero-order valence-electron chi connectivity index (χ0n) is 11.6. The van der Waals surface area contributed by atoms with Crippen LogP contribution < -0.4 is 4.90 Å². The summed E-state index contributed by atoms with van der Waals surface area (Å²) in [6.45, 7) is 1.30. The molecule has 0 bridgehead atoms. The number of para-hydroxylation sites is 1. The van der Waals surface area contributed by atoms with Gasteiger partial charge >= 0.3 is 0 Å². The Bertz CT molecular complexity index is 415. The van der Waals surface area contributed by atoms with Crippen LogP contribution >= 0.6 is 0 Å². The number of carbonyl (C=O) groups is 1. The Labute approximate surface area is 114 Å². The fourth-order valence-corrected chi connectivity index (χ4v) is 2.49. The molecule has 1 aliphatic carbocycles. The lowest BCUT2D eigenvalue weighted by Gasteiger charge is -2.34. The minimum Gasteiger partial charge on any atom is -0.393 e. The maximum atomic E-state index is 12.1. The molecule has 1 amide bonds. The molecular formula is C15H22N2O2. The minimum atomic E-state index is -0.124. The van der Waals surface area contributed by atoms with Crippen molar-refractivity contribution in [2.45, 2.75) is 18.9 Å². The molecule has 0 aromatic heterocycles. The number of aliphatic hydroxyl groups excluding tert-OH is 1. The third-order valence-electron chi connectivity index (χ3n) is 3.70. The van der Waals surface area contributed by atoms with E-state index in [1.165, 1.54) is 0 Å². The number of anilines is 1. The predicted octanol–water partition coefficient (Wildman–Crippen LogP) is 1.35. The van der Waals surface area contributed by atoms with Crippen LogP contribution in [0.15, 0.2) is 30.3 Å². The Morgan fingerprint density at radius 3 is 2.47 bits per heavy atom. The molecule has 1 aliphatic rings. The summed E-state index contributed by atoms with van der Waals surface area (Å²) in [7, 11) is 3.76. The third kappa shape index (κ3) is 3.78. The fourth-order valence-electron chi connectivity index (χ4n) is 2.49. The molecule has 0 atom stereocenters. The van der Waals surface area contributed by atoms with Crippen LogP contribution in [0, 0.1) is 5.92 Å². The summed E-state index contributed by atoms with van der Waals surface area (Å²) < 4.78 is 0. The summed E-state index contributed by atoms with van der Waals surface area (Å²) in [6.07, 6.45) is 1.61. The number of benzene rings is 1. The highest BCUT2D eigenvalue weighted by Gasteiger charge is 2.28. The lowest BCUT2D eigenvalue weighted by molar-refractivity contribution is -0.119. The van der Waals surface area contributed by atoms with Crippen molar-refractivity contribution in [1.82, 2.24) is 4.90 Å². The van der Waals surface area contributed by atoms with Gasteiger partial charge < -0.3 is 10.0 Å². The summed E-state index contributed by atoms with van der Waals surface area (Å²) in [5.74, 6) is 0.628. The van der Waals surface area contributed by atoms with Gasteiger partial charge in [-0.15, -0.1) is 0 Å². The predicted molar refractivity (Wildman–Crippen MR) is 76.1 cm³/mol. The lowest BCUT2D eigenvalue weighted by atomic mass is 9.82. The van der Waals surface area contributed by atoms with Crippen molar-refractivity contribution < 1.29 is 9.90 Å². The summed E-state index contributed by atoms with van der Waals surface area (Å²) in [6, 6.07) is 9.66. The van der Waals surface area contributed by atoms with E-state index in [0.717, 1.165) is 25.1 Å². The van der Waals surface area contributed by atoms with Crippen LogP contribution in [-0.4, -0.2) is 49.2 Å². The number of likely N-dealkylation sites (N-methyl/N-ethyl adjacent to an activating group) is 2. The number of hydrogen-bond acceptors (Lipinski definition) is 3. The molecule has 1 fully saturated rings. The van der Waals surface area contributed by atoms with E-state index in [4.69, 9.17) is 0 Å². The maximum absolute atomic E-state index is 12.1. The summed E-state index contributed by atoms with van der Waals surface area (Å²) in [5.41, 5.74) is 0.917. The van der Waals surface area contributed by atoms with Gasteiger partial charge in [0.25, 0.3) is 0 Å². The van der Waals surface area contributed by atoms with Crippen LogP contribution in [0.4, 0.5) is 5.69 Å². The molecule has 104 valence electrons. The van der Waals surface area contributed by atoms with Crippen LogP contribution in [0.25, 0.3) is 0 Å². The van der Waals surface area contributed by atoms with E-state index in [1.54, 1.807) is 11.9 Å². The largest absolute Gasteiger partial charge is 0.393 e. The highest BCUT2D eigenvalue weighted by atomic mass is 16.3. The van der Waals surface area contributed by atoms with Gasteiger partial charge in [0, 0.05) is 19.3 Å². The molecule has 4 heteroatoms. The molecule has 1 saturated carbocycles. The Morgan fingerprint density at radius 2 is 1.89 bits per heavy atom. The molecule has 4 nitrogen and oxygen atoms in total. The van der Waals surface area contributed by atoms with Crippen LogP contribution in [0.2, 0.25) is 0 Å². The van der Waals surface area contributed by atoms with Crippen molar-refractivity contribution in [2.75, 3.05) is 32.1 Å². The average molecular weight is 262 g/mol. The Kier molecular flexibility index (Phi) is 4.56. The fraction of sp³-hybridized carbons (Fsp3) is 0.533. The molecule has 19 heavy (non-hydrogen) atoms. The molecule has 1 N–H and O–H groups in total. The van der Waals surface area contributed by atoms with Gasteiger partial charge in [0.15, 0.2) is 0 Å². The minimum absolute atomic E-state index is 0.0913. The first kappa shape index (κ1) is 14.0. The number of nitrogens with zero attached hydrogens (tertiary/aromatic N) is 2. The van der Waals surface area contributed by atoms with Gasteiger partial charge in [0.2, 0.25) is 5.91 Å². The van der Waals surface area contributed by atoms with E-state index in [-0.39, 0.29) is 12.0 Å². The molecular weight excluding hydrogens is 240 g/mol. The van der Waals surface area contributed by atoms with Gasteiger partial charge in [0.1, 0.15) is 0 Å². The molecule has 0 saturated heterocycles. The number of aliphatic hydroxyl groups is 1. The van der Waals surface area contributed by atoms with Crippen molar-refractivity contribution in [3.63, 3.8) is 0 Å². The third-order valence-corrected chi connectivity index (χ3v) is 3.70. The summed E-state index contributed by atoms with van der Waals surface area (Å²) in [5, 5.41) is 9.26. The maximum Gasteiger partial charge on any atom is 0.240 e. The highest BCUT2D eigenvalue weighted by Crippen LogP contribution is 2.27. The first-order valence-corrected chi connectivity index (χ1v) is 6.74. The quantitative estimate of drug-likeness (QED) is 0.871. The molecule has 0 aliphatic heterocycles. The van der Waals surface area contributed by atoms with Gasteiger partial charge in [-0.1, -0.05) is 18.2 Å². The van der Waals surface area contributed by atoms with Crippen LogP contribution in [-0.2, 0) is 4.79 Å². The lowest BCUT2D eigenvalue weighted by Crippen LogP contribution is -2.42. The van der Waals surface area contributed by atoms with Gasteiger partial charge in [0.05, 0.1) is 12.6 Å². The van der Waals surface area contributed by atoms with Crippen LogP contribution in [0.3, 0.4) is 0 Å². The number of carbonyl (C=O) groups excluding carboxylic acids is 1. The monoisotopic (exact) mass is 262 g/mol. The van der Waals surface area contributed by atoms with Crippen molar-refractivity contribution in [2.24, 2.45) is 5.92 Å². The first-order valence-electron chi connectivity index (χ1n) is 6.74.